The molecule has 31 heavy (non-hydrogen) atoms. The number of rotatable bonds is 9. The standard InChI is InChI=1S/C22H30FN3O3S.HI/c1-5-24-22(25-13-17(3)29-21-9-7-6-8-16(21)2)26-14-19-12-20(23)11-10-18(19)15-30(4,27)28;/h6-12,17H,5,13-15H2,1-4H3,(H2,24,25,26);1H. The average Bonchev–Trinajstić information content (AvgIpc) is 2.66. The highest BCUT2D eigenvalue weighted by Crippen LogP contribution is 2.18. The Morgan fingerprint density at radius 3 is 2.52 bits per heavy atom. The third kappa shape index (κ3) is 9.86. The molecule has 0 fully saturated rings. The summed E-state index contributed by atoms with van der Waals surface area (Å²) in [6, 6.07) is 11.9. The minimum Gasteiger partial charge on any atom is -0.489 e. The average molecular weight is 563 g/mol. The fourth-order valence-corrected chi connectivity index (χ4v) is 3.70. The van der Waals surface area contributed by atoms with Crippen molar-refractivity contribution in [1.82, 2.24) is 10.6 Å². The van der Waals surface area contributed by atoms with Crippen molar-refractivity contribution in [3.05, 3.63) is 65.0 Å². The van der Waals surface area contributed by atoms with Crippen LogP contribution in [-0.2, 0) is 22.1 Å². The van der Waals surface area contributed by atoms with E-state index in [1.165, 1.54) is 18.2 Å². The van der Waals surface area contributed by atoms with Crippen molar-refractivity contribution in [2.75, 3.05) is 19.3 Å². The van der Waals surface area contributed by atoms with Gasteiger partial charge < -0.3 is 15.4 Å². The highest BCUT2D eigenvalue weighted by Gasteiger charge is 2.11. The SMILES string of the molecule is CCNC(=NCc1cc(F)ccc1CS(C)(=O)=O)NCC(C)Oc1ccccc1C.I. The number of ether oxygens (including phenoxy) is 1. The molecule has 172 valence electrons. The molecule has 0 heterocycles. The fourth-order valence-electron chi connectivity index (χ4n) is 2.86. The van der Waals surface area contributed by atoms with E-state index < -0.39 is 15.7 Å². The van der Waals surface area contributed by atoms with E-state index in [1.54, 1.807) is 0 Å². The fraction of sp³-hybridized carbons (Fsp3) is 0.409. The lowest BCUT2D eigenvalue weighted by Crippen LogP contribution is -2.41. The number of para-hydroxylation sites is 1. The molecule has 0 radical (unpaired) electrons. The summed E-state index contributed by atoms with van der Waals surface area (Å²) in [6.45, 7) is 7.22. The van der Waals surface area contributed by atoms with Crippen LogP contribution in [0.4, 0.5) is 4.39 Å². The van der Waals surface area contributed by atoms with Crippen LogP contribution in [0.5, 0.6) is 5.75 Å². The quantitative estimate of drug-likeness (QED) is 0.276. The molecule has 0 aromatic heterocycles. The number of nitrogens with one attached hydrogen (secondary N) is 2. The van der Waals surface area contributed by atoms with E-state index in [9.17, 15) is 12.8 Å². The van der Waals surface area contributed by atoms with E-state index in [0.717, 1.165) is 17.6 Å². The van der Waals surface area contributed by atoms with Crippen LogP contribution in [0.2, 0.25) is 0 Å². The van der Waals surface area contributed by atoms with Gasteiger partial charge in [0.1, 0.15) is 17.7 Å². The van der Waals surface area contributed by atoms with Crippen LogP contribution in [0.3, 0.4) is 0 Å². The van der Waals surface area contributed by atoms with E-state index >= 15 is 0 Å². The number of benzene rings is 2. The van der Waals surface area contributed by atoms with Gasteiger partial charge in [-0.1, -0.05) is 24.3 Å². The summed E-state index contributed by atoms with van der Waals surface area (Å²) in [5, 5.41) is 6.35. The lowest BCUT2D eigenvalue weighted by Gasteiger charge is -2.19. The molecule has 6 nitrogen and oxygen atoms in total. The molecular formula is C22H31FIN3O3S. The third-order valence-corrected chi connectivity index (χ3v) is 5.15. The molecule has 0 saturated heterocycles. The van der Waals surface area contributed by atoms with E-state index in [1.807, 2.05) is 45.0 Å². The molecule has 0 aliphatic rings. The molecule has 9 heteroatoms. The van der Waals surface area contributed by atoms with Crippen LogP contribution in [-0.4, -0.2) is 39.8 Å². The molecular weight excluding hydrogens is 532 g/mol. The Labute approximate surface area is 201 Å². The Morgan fingerprint density at radius 2 is 1.87 bits per heavy atom. The molecule has 0 bridgehead atoms. The molecule has 2 rings (SSSR count). The molecule has 0 spiro atoms. The molecule has 2 aromatic carbocycles. The monoisotopic (exact) mass is 563 g/mol. The molecule has 0 aliphatic heterocycles. The summed E-state index contributed by atoms with van der Waals surface area (Å²) in [4.78, 5) is 4.49. The highest BCUT2D eigenvalue weighted by molar-refractivity contribution is 14.0. The first kappa shape index (κ1) is 27.2. The summed E-state index contributed by atoms with van der Waals surface area (Å²) in [6.07, 6.45) is 1.05. The lowest BCUT2D eigenvalue weighted by molar-refractivity contribution is 0.222. The van der Waals surface area contributed by atoms with Gasteiger partial charge in [0.15, 0.2) is 15.8 Å². The molecule has 1 unspecified atom stereocenters. The molecule has 0 saturated carbocycles. The zero-order valence-electron chi connectivity index (χ0n) is 18.3. The normalized spacial score (nSPS) is 12.6. The van der Waals surface area contributed by atoms with Crippen molar-refractivity contribution >= 4 is 39.8 Å². The van der Waals surface area contributed by atoms with Gasteiger partial charge in [0.25, 0.3) is 0 Å². The first-order valence-electron chi connectivity index (χ1n) is 9.87. The Kier molecular flexibility index (Phi) is 11.3. The maximum atomic E-state index is 13.7. The van der Waals surface area contributed by atoms with Crippen LogP contribution in [0.1, 0.15) is 30.5 Å². The minimum atomic E-state index is -3.23. The minimum absolute atomic E-state index is 0. The summed E-state index contributed by atoms with van der Waals surface area (Å²) >= 11 is 0. The van der Waals surface area contributed by atoms with Gasteiger partial charge in [-0.2, -0.15) is 0 Å². The van der Waals surface area contributed by atoms with Crippen molar-refractivity contribution in [3.63, 3.8) is 0 Å². The van der Waals surface area contributed by atoms with E-state index in [4.69, 9.17) is 4.74 Å². The van der Waals surface area contributed by atoms with E-state index in [0.29, 0.717) is 30.2 Å². The number of aliphatic imine (C=N–C) groups is 1. The van der Waals surface area contributed by atoms with Gasteiger partial charge >= 0.3 is 0 Å². The Morgan fingerprint density at radius 1 is 1.16 bits per heavy atom. The molecule has 2 aromatic rings. The Balaban J connectivity index is 0.00000480. The van der Waals surface area contributed by atoms with Crippen molar-refractivity contribution in [2.24, 2.45) is 4.99 Å². The molecule has 0 aliphatic carbocycles. The van der Waals surface area contributed by atoms with Crippen molar-refractivity contribution in [3.8, 4) is 5.75 Å². The second-order valence-corrected chi connectivity index (χ2v) is 9.39. The van der Waals surface area contributed by atoms with Crippen molar-refractivity contribution < 1.29 is 17.5 Å². The highest BCUT2D eigenvalue weighted by atomic mass is 127. The molecule has 1 atom stereocenters. The number of halogens is 2. The van der Waals surface area contributed by atoms with Gasteiger partial charge in [-0.25, -0.2) is 17.8 Å². The smallest absolute Gasteiger partial charge is 0.191 e. The van der Waals surface area contributed by atoms with Gasteiger partial charge in [0, 0.05) is 12.8 Å². The van der Waals surface area contributed by atoms with E-state index in [2.05, 4.69) is 15.6 Å². The number of aryl methyl sites for hydroxylation is 1. The first-order valence-corrected chi connectivity index (χ1v) is 11.9. The van der Waals surface area contributed by atoms with Crippen molar-refractivity contribution in [2.45, 2.75) is 39.2 Å². The topological polar surface area (TPSA) is 79.8 Å². The third-order valence-electron chi connectivity index (χ3n) is 4.32. The van der Waals surface area contributed by atoms with E-state index in [-0.39, 0.29) is 42.4 Å². The second kappa shape index (κ2) is 12.8. The summed E-state index contributed by atoms with van der Waals surface area (Å²) in [7, 11) is -3.23. The summed E-state index contributed by atoms with van der Waals surface area (Å²) in [5.74, 6) is 0.811. The predicted octanol–water partition coefficient (Wildman–Crippen LogP) is 3.82. The second-order valence-electron chi connectivity index (χ2n) is 7.25. The molecule has 2 N–H and O–H groups in total. The van der Waals surface area contributed by atoms with Gasteiger partial charge in [0.2, 0.25) is 0 Å². The number of sulfone groups is 1. The van der Waals surface area contributed by atoms with Crippen molar-refractivity contribution in [1.29, 1.82) is 0 Å². The number of guanidine groups is 1. The van der Waals surface area contributed by atoms with Crippen LogP contribution >= 0.6 is 24.0 Å². The Bertz CT molecular complexity index is 984. The van der Waals surface area contributed by atoms with Gasteiger partial charge in [0.05, 0.1) is 18.8 Å². The zero-order valence-corrected chi connectivity index (χ0v) is 21.5. The largest absolute Gasteiger partial charge is 0.489 e. The van der Waals surface area contributed by atoms with Gasteiger partial charge in [-0.3, -0.25) is 0 Å². The number of hydrogen-bond acceptors (Lipinski definition) is 4. The summed E-state index contributed by atoms with van der Waals surface area (Å²) < 4.78 is 43.0. The number of nitrogens with zero attached hydrogens (tertiary/aromatic N) is 1. The van der Waals surface area contributed by atoms with Crippen LogP contribution in [0.25, 0.3) is 0 Å². The predicted molar refractivity (Wildman–Crippen MR) is 134 cm³/mol. The van der Waals surface area contributed by atoms with Gasteiger partial charge in [-0.05, 0) is 55.7 Å². The maximum absolute atomic E-state index is 13.7. The number of hydrogen-bond donors (Lipinski definition) is 2. The first-order chi connectivity index (χ1) is 14.2. The van der Waals surface area contributed by atoms with Crippen LogP contribution < -0.4 is 15.4 Å². The lowest BCUT2D eigenvalue weighted by atomic mass is 10.1. The van der Waals surface area contributed by atoms with Gasteiger partial charge in [-0.15, -0.1) is 24.0 Å². The summed E-state index contributed by atoms with van der Waals surface area (Å²) in [5.41, 5.74) is 2.16. The molecule has 0 amide bonds. The van der Waals surface area contributed by atoms with Crippen LogP contribution in [0, 0.1) is 12.7 Å². The zero-order chi connectivity index (χ0) is 22.1. The Hall–Kier alpha value is -1.88. The maximum Gasteiger partial charge on any atom is 0.191 e. The van der Waals surface area contributed by atoms with Crippen LogP contribution in [0.15, 0.2) is 47.5 Å².